The number of hydrogen-bond acceptors (Lipinski definition) is 12. The van der Waals surface area contributed by atoms with Crippen molar-refractivity contribution in [1.82, 2.24) is 41.4 Å². The molecule has 0 saturated carbocycles. The van der Waals surface area contributed by atoms with Crippen molar-refractivity contribution < 1.29 is 38.7 Å². The second-order valence-corrected chi connectivity index (χ2v) is 16.5. The number of thioether (sulfide) groups is 1. The van der Waals surface area contributed by atoms with E-state index in [2.05, 4.69) is 31.6 Å². The van der Waals surface area contributed by atoms with Gasteiger partial charge in [-0.25, -0.2) is 4.98 Å². The van der Waals surface area contributed by atoms with Crippen LogP contribution in [-0.4, -0.2) is 136 Å². The third-order valence-electron chi connectivity index (χ3n) is 9.54. The Hall–Kier alpha value is -4.59. The monoisotopic (exact) mass is 785 g/mol. The highest BCUT2D eigenvalue weighted by atomic mass is 32.2. The quantitative estimate of drug-likeness (QED) is 0.187. The van der Waals surface area contributed by atoms with E-state index in [9.17, 15) is 38.7 Å². The van der Waals surface area contributed by atoms with Gasteiger partial charge in [-0.2, -0.15) is 0 Å². The van der Waals surface area contributed by atoms with Gasteiger partial charge >= 0.3 is 0 Å². The molecule has 0 aliphatic carbocycles. The molecule has 1 aromatic carbocycles. The van der Waals surface area contributed by atoms with Gasteiger partial charge in [-0.1, -0.05) is 45.0 Å². The minimum Gasteiger partial charge on any atom is -0.391 e. The number of carbonyl (C=O) groups excluding carboxylic acids is 7. The number of aromatic nitrogens is 1. The number of primary amides is 1. The molecule has 3 fully saturated rings. The topological polar surface area (TPSA) is 245 Å². The first-order valence-corrected chi connectivity index (χ1v) is 19.6. The lowest BCUT2D eigenvalue weighted by Gasteiger charge is -2.36. The van der Waals surface area contributed by atoms with Crippen molar-refractivity contribution in [3.63, 3.8) is 0 Å². The van der Waals surface area contributed by atoms with E-state index in [0.29, 0.717) is 12.1 Å². The van der Waals surface area contributed by atoms with E-state index in [1.807, 2.05) is 6.92 Å². The highest BCUT2D eigenvalue weighted by Gasteiger charge is 2.45. The Bertz CT molecular complexity index is 1760. The Labute approximate surface area is 320 Å². The van der Waals surface area contributed by atoms with E-state index < -0.39 is 89.6 Å². The summed E-state index contributed by atoms with van der Waals surface area (Å²) < 4.78 is 0. The molecule has 19 heteroatoms. The van der Waals surface area contributed by atoms with Crippen LogP contribution in [0, 0.1) is 12.3 Å². The molecule has 2 aromatic rings. The van der Waals surface area contributed by atoms with Gasteiger partial charge in [0.15, 0.2) is 0 Å². The molecule has 0 unspecified atom stereocenters. The molecule has 5 rings (SSSR count). The number of benzene rings is 1. The third kappa shape index (κ3) is 9.55. The molecule has 3 saturated heterocycles. The van der Waals surface area contributed by atoms with Gasteiger partial charge in [-0.05, 0) is 23.5 Å². The summed E-state index contributed by atoms with van der Waals surface area (Å²) in [6.07, 6.45) is -1.17. The maximum Gasteiger partial charge on any atom is 0.247 e. The summed E-state index contributed by atoms with van der Waals surface area (Å²) in [5.74, 6) is -4.94. The maximum absolute atomic E-state index is 14.1. The van der Waals surface area contributed by atoms with E-state index in [0.717, 1.165) is 27.9 Å². The zero-order valence-electron chi connectivity index (χ0n) is 30.5. The lowest BCUT2D eigenvalue weighted by molar-refractivity contribution is -0.144. The average Bonchev–Trinajstić information content (AvgIpc) is 3.75. The van der Waals surface area contributed by atoms with E-state index in [1.54, 1.807) is 50.5 Å². The number of aryl methyl sites for hydroxylation is 1. The van der Waals surface area contributed by atoms with E-state index in [4.69, 9.17) is 5.73 Å². The SMILES string of the molecule is Cc1ncsc1-c1ccc([C@H]2NC(=O)[C@@H]3C[C@@H](O)CN3C(=O)[C@H](C(C)(C)C)NC(=O)CSC[C@H](C(N)=O)NC(=O)[C@H]3CNCCN3C(=O)CNC2=O)cc1. The summed E-state index contributed by atoms with van der Waals surface area (Å²) in [7, 11) is 0. The van der Waals surface area contributed by atoms with Crippen LogP contribution in [0.1, 0.15) is 44.5 Å². The summed E-state index contributed by atoms with van der Waals surface area (Å²) >= 11 is 2.46. The standard InChI is InChI=1S/C35H47N9O8S2/c1-18-28(54-17-39-18)20-7-5-19(6-8-20)27-33(51)38-13-26(47)43-10-9-37-12-24(43)32(50)40-22(30(36)48)15-53-16-25(46)41-29(35(2,3)4)34(52)44-14-21(45)11-23(44)31(49)42-27/h5-8,17,21-24,27,29,37,45H,9-16H2,1-4H3,(H2,36,48)(H,38,51)(H,40,50)(H,41,46)(H,42,49)/t21-,22-,23+,24-,27-,29-/m1/s1. The molecule has 0 spiro atoms. The van der Waals surface area contributed by atoms with Crippen molar-refractivity contribution in [2.24, 2.45) is 11.1 Å². The number of aliphatic hydroxyl groups is 1. The number of hydrogen-bond donors (Lipinski definition) is 7. The summed E-state index contributed by atoms with van der Waals surface area (Å²) in [5, 5.41) is 24.5. The third-order valence-corrected chi connectivity index (χ3v) is 11.6. The number of piperazine rings is 1. The summed E-state index contributed by atoms with van der Waals surface area (Å²) in [6, 6.07) is 1.05. The fourth-order valence-electron chi connectivity index (χ4n) is 6.60. The lowest BCUT2D eigenvalue weighted by atomic mass is 9.85. The Morgan fingerprint density at radius 1 is 0.963 bits per heavy atom. The van der Waals surface area contributed by atoms with Crippen molar-refractivity contribution >= 4 is 64.4 Å². The van der Waals surface area contributed by atoms with Crippen LogP contribution < -0.4 is 32.3 Å². The Balaban J connectivity index is 1.49. The number of nitrogens with two attached hydrogens (primary N) is 1. The number of nitrogens with one attached hydrogen (secondary N) is 5. The Kier molecular flexibility index (Phi) is 13.0. The van der Waals surface area contributed by atoms with Gasteiger partial charge in [0, 0.05) is 38.4 Å². The van der Waals surface area contributed by atoms with Crippen molar-refractivity contribution in [2.45, 2.75) is 70.4 Å². The zero-order chi connectivity index (χ0) is 39.3. The number of rotatable bonds is 3. The minimum atomic E-state index is -1.33. The first-order chi connectivity index (χ1) is 25.5. The molecule has 0 bridgehead atoms. The van der Waals surface area contributed by atoms with Crippen molar-refractivity contribution in [2.75, 3.05) is 44.2 Å². The normalized spacial score (nSPS) is 27.1. The van der Waals surface area contributed by atoms with Crippen LogP contribution >= 0.6 is 23.1 Å². The van der Waals surface area contributed by atoms with Crippen molar-refractivity contribution in [3.05, 3.63) is 41.0 Å². The van der Waals surface area contributed by atoms with Crippen molar-refractivity contribution in [3.8, 4) is 10.4 Å². The molecule has 8 N–H and O–H groups in total. The van der Waals surface area contributed by atoms with Gasteiger partial charge < -0.3 is 47.2 Å². The van der Waals surface area contributed by atoms with E-state index in [-0.39, 0.29) is 37.6 Å². The molecule has 7 amide bonds. The smallest absolute Gasteiger partial charge is 0.247 e. The molecule has 4 heterocycles. The maximum atomic E-state index is 14.1. The predicted molar refractivity (Wildman–Crippen MR) is 201 cm³/mol. The number of thiazole rings is 1. The molecule has 292 valence electrons. The summed E-state index contributed by atoms with van der Waals surface area (Å²) in [5.41, 5.74) is 8.53. The lowest BCUT2D eigenvalue weighted by Crippen LogP contribution is -2.63. The van der Waals surface area contributed by atoms with Gasteiger partial charge in [-0.15, -0.1) is 23.1 Å². The molecule has 3 aliphatic heterocycles. The van der Waals surface area contributed by atoms with Crippen LogP contribution in [0.5, 0.6) is 0 Å². The molecule has 3 aliphatic rings. The molecule has 1 aromatic heterocycles. The van der Waals surface area contributed by atoms with Crippen LogP contribution in [0.4, 0.5) is 0 Å². The molecule has 17 nitrogen and oxygen atoms in total. The molecular formula is C35H47N9O8S2. The summed E-state index contributed by atoms with van der Waals surface area (Å²) in [4.78, 5) is 102. The van der Waals surface area contributed by atoms with Gasteiger partial charge in [0.05, 0.1) is 34.5 Å². The van der Waals surface area contributed by atoms with Crippen LogP contribution in [0.15, 0.2) is 29.8 Å². The molecule has 6 atom stereocenters. The second-order valence-electron chi connectivity index (χ2n) is 14.6. The van der Waals surface area contributed by atoms with E-state index in [1.165, 1.54) is 21.1 Å². The molecule has 54 heavy (non-hydrogen) atoms. The van der Waals surface area contributed by atoms with E-state index >= 15 is 0 Å². The number of nitrogens with zero attached hydrogens (tertiary/aromatic N) is 3. The fraction of sp³-hybridized carbons (Fsp3) is 0.543. The fourth-order valence-corrected chi connectivity index (χ4v) is 8.28. The average molecular weight is 786 g/mol. The van der Waals surface area contributed by atoms with Crippen LogP contribution in [-0.2, 0) is 33.6 Å². The van der Waals surface area contributed by atoms with Crippen LogP contribution in [0.3, 0.4) is 0 Å². The van der Waals surface area contributed by atoms with Gasteiger partial charge in [-0.3, -0.25) is 33.6 Å². The number of carbonyl (C=O) groups is 7. The summed E-state index contributed by atoms with van der Waals surface area (Å²) in [6.45, 7) is 6.97. The minimum absolute atomic E-state index is 0.0699. The number of aliphatic hydroxyl groups excluding tert-OH is 1. The molecular weight excluding hydrogens is 739 g/mol. The largest absolute Gasteiger partial charge is 0.391 e. The Morgan fingerprint density at radius 2 is 1.67 bits per heavy atom. The van der Waals surface area contributed by atoms with Gasteiger partial charge in [0.2, 0.25) is 41.4 Å². The van der Waals surface area contributed by atoms with Gasteiger partial charge in [0.1, 0.15) is 30.2 Å². The Morgan fingerprint density at radius 3 is 2.31 bits per heavy atom. The van der Waals surface area contributed by atoms with Crippen LogP contribution in [0.2, 0.25) is 0 Å². The second kappa shape index (κ2) is 17.3. The highest BCUT2D eigenvalue weighted by molar-refractivity contribution is 8.00. The first kappa shape index (κ1) is 40.6. The highest BCUT2D eigenvalue weighted by Crippen LogP contribution is 2.30. The predicted octanol–water partition coefficient (Wildman–Crippen LogP) is -1.60. The first-order valence-electron chi connectivity index (χ1n) is 17.6. The number of fused-ring (bicyclic) bond motifs is 2. The van der Waals surface area contributed by atoms with Gasteiger partial charge in [0.25, 0.3) is 0 Å². The molecule has 0 radical (unpaired) electrons. The zero-order valence-corrected chi connectivity index (χ0v) is 32.2. The van der Waals surface area contributed by atoms with Crippen LogP contribution in [0.25, 0.3) is 10.4 Å². The number of amides is 7. The van der Waals surface area contributed by atoms with Crippen molar-refractivity contribution in [1.29, 1.82) is 0 Å².